The van der Waals surface area contributed by atoms with Crippen LogP contribution in [0.25, 0.3) is 11.0 Å². The highest BCUT2D eigenvalue weighted by molar-refractivity contribution is 5.97. The summed E-state index contributed by atoms with van der Waals surface area (Å²) in [4.78, 5) is 35.4. The standard InChI is InChI=1S/C16H20N4O2/c1-3-15(21)19-6-8-20(9-7-19)16(22)12-4-5-13-14(10-12)18-11(2)17-13/h4-5,10H,3,6-9H2,1-2H3,(H,17,18). The highest BCUT2D eigenvalue weighted by atomic mass is 16.2. The Morgan fingerprint density at radius 3 is 2.55 bits per heavy atom. The highest BCUT2D eigenvalue weighted by Crippen LogP contribution is 2.16. The third-order valence-corrected chi connectivity index (χ3v) is 4.07. The van der Waals surface area contributed by atoms with E-state index in [1.54, 1.807) is 0 Å². The second-order valence-electron chi connectivity index (χ2n) is 5.58. The number of benzene rings is 1. The number of fused-ring (bicyclic) bond motifs is 1. The van der Waals surface area contributed by atoms with Crippen LogP contribution in [0.3, 0.4) is 0 Å². The number of nitrogens with zero attached hydrogens (tertiary/aromatic N) is 3. The van der Waals surface area contributed by atoms with E-state index in [0.717, 1.165) is 16.9 Å². The van der Waals surface area contributed by atoms with Crippen molar-refractivity contribution >= 4 is 22.8 Å². The van der Waals surface area contributed by atoms with Crippen LogP contribution >= 0.6 is 0 Å². The molecule has 2 amide bonds. The summed E-state index contributed by atoms with van der Waals surface area (Å²) in [5, 5.41) is 0. The fourth-order valence-corrected chi connectivity index (χ4v) is 2.84. The minimum absolute atomic E-state index is 0.0118. The van der Waals surface area contributed by atoms with Crippen LogP contribution in [0.5, 0.6) is 0 Å². The SMILES string of the molecule is CCC(=O)N1CCN(C(=O)c2ccc3nc(C)[nH]c3c2)CC1. The molecule has 22 heavy (non-hydrogen) atoms. The van der Waals surface area contributed by atoms with Crippen LogP contribution < -0.4 is 0 Å². The minimum atomic E-state index is 0.0118. The predicted octanol–water partition coefficient (Wildman–Crippen LogP) is 1.57. The molecule has 1 saturated heterocycles. The van der Waals surface area contributed by atoms with Crippen LogP contribution in [-0.2, 0) is 4.79 Å². The van der Waals surface area contributed by atoms with Crippen LogP contribution in [0.2, 0.25) is 0 Å². The molecule has 116 valence electrons. The number of hydrogen-bond donors (Lipinski definition) is 1. The second kappa shape index (κ2) is 5.79. The van der Waals surface area contributed by atoms with Gasteiger partial charge in [0.2, 0.25) is 5.91 Å². The molecular weight excluding hydrogens is 280 g/mol. The van der Waals surface area contributed by atoms with E-state index >= 15 is 0 Å². The molecule has 2 heterocycles. The maximum absolute atomic E-state index is 12.6. The maximum Gasteiger partial charge on any atom is 0.254 e. The first-order valence-electron chi connectivity index (χ1n) is 7.62. The molecule has 6 heteroatoms. The molecule has 0 aliphatic carbocycles. The molecule has 6 nitrogen and oxygen atoms in total. The van der Waals surface area contributed by atoms with Gasteiger partial charge in [-0.1, -0.05) is 6.92 Å². The van der Waals surface area contributed by atoms with E-state index in [1.165, 1.54) is 0 Å². The van der Waals surface area contributed by atoms with E-state index in [-0.39, 0.29) is 11.8 Å². The van der Waals surface area contributed by atoms with E-state index < -0.39 is 0 Å². The molecule has 0 bridgehead atoms. The average Bonchev–Trinajstić information content (AvgIpc) is 2.92. The van der Waals surface area contributed by atoms with E-state index in [9.17, 15) is 9.59 Å². The first-order chi connectivity index (χ1) is 10.6. The molecule has 0 radical (unpaired) electrons. The Bertz CT molecular complexity index is 714. The summed E-state index contributed by atoms with van der Waals surface area (Å²) in [7, 11) is 0. The van der Waals surface area contributed by atoms with Crippen LogP contribution in [0, 0.1) is 6.92 Å². The summed E-state index contributed by atoms with van der Waals surface area (Å²) in [6.07, 6.45) is 0.518. The van der Waals surface area contributed by atoms with Crippen LogP contribution in [0.1, 0.15) is 29.5 Å². The molecule has 0 unspecified atom stereocenters. The van der Waals surface area contributed by atoms with Crippen molar-refractivity contribution in [3.63, 3.8) is 0 Å². The van der Waals surface area contributed by atoms with Crippen molar-refractivity contribution in [3.8, 4) is 0 Å². The lowest BCUT2D eigenvalue weighted by Gasteiger charge is -2.34. The zero-order valence-corrected chi connectivity index (χ0v) is 12.9. The average molecular weight is 300 g/mol. The van der Waals surface area contributed by atoms with Crippen LogP contribution in [0.4, 0.5) is 0 Å². The molecule has 2 aromatic rings. The highest BCUT2D eigenvalue weighted by Gasteiger charge is 2.24. The third-order valence-electron chi connectivity index (χ3n) is 4.07. The first kappa shape index (κ1) is 14.6. The Kier molecular flexibility index (Phi) is 3.83. The Balaban J connectivity index is 1.72. The number of carbonyl (C=O) groups is 2. The molecule has 1 aliphatic heterocycles. The maximum atomic E-state index is 12.6. The van der Waals surface area contributed by atoms with Gasteiger partial charge in [-0.15, -0.1) is 0 Å². The summed E-state index contributed by atoms with van der Waals surface area (Å²) in [6.45, 7) is 6.16. The summed E-state index contributed by atoms with van der Waals surface area (Å²) < 4.78 is 0. The summed E-state index contributed by atoms with van der Waals surface area (Å²) in [6, 6.07) is 5.53. The summed E-state index contributed by atoms with van der Waals surface area (Å²) in [5.41, 5.74) is 2.40. The number of aromatic nitrogens is 2. The second-order valence-corrected chi connectivity index (χ2v) is 5.58. The van der Waals surface area contributed by atoms with E-state index in [0.29, 0.717) is 38.2 Å². The van der Waals surface area contributed by atoms with Crippen LogP contribution in [-0.4, -0.2) is 57.8 Å². The number of imidazole rings is 1. The molecular formula is C16H20N4O2. The Labute approximate surface area is 129 Å². The summed E-state index contributed by atoms with van der Waals surface area (Å²) in [5.74, 6) is 1.01. The van der Waals surface area contributed by atoms with E-state index in [4.69, 9.17) is 0 Å². The van der Waals surface area contributed by atoms with Gasteiger partial charge in [0.05, 0.1) is 11.0 Å². The normalized spacial score (nSPS) is 15.4. The van der Waals surface area contributed by atoms with Gasteiger partial charge in [-0.25, -0.2) is 4.98 Å². The van der Waals surface area contributed by atoms with E-state index in [2.05, 4.69) is 9.97 Å². The van der Waals surface area contributed by atoms with Crippen molar-refractivity contribution in [1.82, 2.24) is 19.8 Å². The molecule has 1 aromatic heterocycles. The molecule has 3 rings (SSSR count). The van der Waals surface area contributed by atoms with Gasteiger partial charge < -0.3 is 14.8 Å². The van der Waals surface area contributed by atoms with Crippen molar-refractivity contribution in [2.75, 3.05) is 26.2 Å². The number of carbonyl (C=O) groups excluding carboxylic acids is 2. The molecule has 1 N–H and O–H groups in total. The number of nitrogens with one attached hydrogen (secondary N) is 1. The number of rotatable bonds is 2. The molecule has 0 spiro atoms. The molecule has 1 aromatic carbocycles. The van der Waals surface area contributed by atoms with Gasteiger partial charge in [0, 0.05) is 38.2 Å². The smallest absolute Gasteiger partial charge is 0.254 e. The van der Waals surface area contributed by atoms with Crippen molar-refractivity contribution in [3.05, 3.63) is 29.6 Å². The van der Waals surface area contributed by atoms with Crippen LogP contribution in [0.15, 0.2) is 18.2 Å². The lowest BCUT2D eigenvalue weighted by molar-refractivity contribution is -0.132. The monoisotopic (exact) mass is 300 g/mol. The lowest BCUT2D eigenvalue weighted by Crippen LogP contribution is -2.50. The van der Waals surface area contributed by atoms with Gasteiger partial charge in [-0.2, -0.15) is 0 Å². The zero-order valence-electron chi connectivity index (χ0n) is 12.9. The van der Waals surface area contributed by atoms with Crippen molar-refractivity contribution < 1.29 is 9.59 Å². The zero-order chi connectivity index (χ0) is 15.7. The van der Waals surface area contributed by atoms with Gasteiger partial charge >= 0.3 is 0 Å². The number of aryl methyl sites for hydroxylation is 1. The number of amides is 2. The number of H-pyrrole nitrogens is 1. The van der Waals surface area contributed by atoms with Crippen molar-refractivity contribution in [2.24, 2.45) is 0 Å². The Morgan fingerprint density at radius 1 is 1.18 bits per heavy atom. The Hall–Kier alpha value is -2.37. The fourth-order valence-electron chi connectivity index (χ4n) is 2.84. The van der Waals surface area contributed by atoms with Gasteiger partial charge in [0.25, 0.3) is 5.91 Å². The first-order valence-corrected chi connectivity index (χ1v) is 7.62. The van der Waals surface area contributed by atoms with Gasteiger partial charge in [0.15, 0.2) is 0 Å². The molecule has 1 fully saturated rings. The molecule has 1 aliphatic rings. The lowest BCUT2D eigenvalue weighted by atomic mass is 10.1. The minimum Gasteiger partial charge on any atom is -0.342 e. The summed E-state index contributed by atoms with van der Waals surface area (Å²) >= 11 is 0. The fraction of sp³-hybridized carbons (Fsp3) is 0.438. The largest absolute Gasteiger partial charge is 0.342 e. The van der Waals surface area contributed by atoms with Gasteiger partial charge in [-0.3, -0.25) is 9.59 Å². The topological polar surface area (TPSA) is 69.3 Å². The van der Waals surface area contributed by atoms with E-state index in [1.807, 2.05) is 41.8 Å². The van der Waals surface area contributed by atoms with Crippen molar-refractivity contribution in [2.45, 2.75) is 20.3 Å². The van der Waals surface area contributed by atoms with Gasteiger partial charge in [0.1, 0.15) is 5.82 Å². The number of hydrogen-bond acceptors (Lipinski definition) is 3. The third kappa shape index (κ3) is 2.68. The predicted molar refractivity (Wildman–Crippen MR) is 83.6 cm³/mol. The molecule has 0 atom stereocenters. The Morgan fingerprint density at radius 2 is 1.86 bits per heavy atom. The number of aromatic amines is 1. The molecule has 0 saturated carbocycles. The van der Waals surface area contributed by atoms with Gasteiger partial charge in [-0.05, 0) is 25.1 Å². The number of piperazine rings is 1. The van der Waals surface area contributed by atoms with Crippen molar-refractivity contribution in [1.29, 1.82) is 0 Å². The quantitative estimate of drug-likeness (QED) is 0.915.